The van der Waals surface area contributed by atoms with Gasteiger partial charge in [-0.15, -0.1) is 0 Å². The molecule has 0 saturated carbocycles. The summed E-state index contributed by atoms with van der Waals surface area (Å²) in [7, 11) is -3.69. The van der Waals surface area contributed by atoms with Crippen molar-refractivity contribution in [1.29, 1.82) is 0 Å². The molecule has 0 atom stereocenters. The lowest BCUT2D eigenvalue weighted by molar-refractivity contribution is 0.601. The number of anilines is 2. The molecule has 0 unspecified atom stereocenters. The number of nitrogens with two attached hydrogens (primary N) is 1. The molecule has 4 N–H and O–H groups in total. The second-order valence-electron chi connectivity index (χ2n) is 3.26. The van der Waals surface area contributed by atoms with E-state index in [1.807, 2.05) is 6.07 Å². The molecule has 0 saturated heterocycles. The zero-order valence-electron chi connectivity index (χ0n) is 8.51. The maximum atomic E-state index is 11.9. The Kier molecular flexibility index (Phi) is 3.24. The maximum Gasteiger partial charge on any atom is 0.267 e. The predicted molar refractivity (Wildman–Crippen MR) is 73.0 cm³/mol. The van der Waals surface area contributed by atoms with Gasteiger partial charge in [0.15, 0.2) is 0 Å². The first kappa shape index (κ1) is 12.2. The number of aromatic nitrogens is 2. The van der Waals surface area contributed by atoms with Crippen molar-refractivity contribution in [2.45, 2.75) is 4.90 Å². The first-order valence-electron chi connectivity index (χ1n) is 4.56. The molecule has 2 aromatic rings. The summed E-state index contributed by atoms with van der Waals surface area (Å²) in [6, 6.07) is 7.01. The van der Waals surface area contributed by atoms with Gasteiger partial charge in [-0.05, 0) is 40.8 Å². The number of nitrogens with one attached hydrogen (secondary N) is 2. The van der Waals surface area contributed by atoms with Crippen molar-refractivity contribution in [3.05, 3.63) is 34.0 Å². The summed E-state index contributed by atoms with van der Waals surface area (Å²) in [5, 5.41) is 5.96. The third-order valence-electron chi connectivity index (χ3n) is 2.00. The molecule has 6 nitrogen and oxygen atoms in total. The van der Waals surface area contributed by atoms with Crippen LogP contribution in [-0.4, -0.2) is 18.6 Å². The fraction of sp³-hybridized carbons (Fsp3) is 0. The Hall–Kier alpha value is -1.29. The molecule has 1 heterocycles. The molecule has 0 radical (unpaired) electrons. The zero-order valence-corrected chi connectivity index (χ0v) is 11.5. The lowest BCUT2D eigenvalue weighted by Gasteiger charge is -2.06. The van der Waals surface area contributed by atoms with E-state index in [2.05, 4.69) is 37.5 Å². The van der Waals surface area contributed by atoms with E-state index in [1.165, 1.54) is 6.20 Å². The van der Waals surface area contributed by atoms with Crippen LogP contribution in [-0.2, 0) is 10.0 Å². The van der Waals surface area contributed by atoms with Gasteiger partial charge in [-0.25, -0.2) is 8.42 Å². The van der Waals surface area contributed by atoms with Gasteiger partial charge in [0, 0.05) is 9.26 Å². The molecule has 8 heteroatoms. The van der Waals surface area contributed by atoms with Crippen LogP contribution in [0, 0.1) is 3.57 Å². The topological polar surface area (TPSA) is 101 Å². The minimum absolute atomic E-state index is 0.0168. The van der Waals surface area contributed by atoms with Gasteiger partial charge in [0.1, 0.15) is 10.7 Å². The number of H-pyrrole nitrogens is 1. The highest BCUT2D eigenvalue weighted by atomic mass is 127. The Morgan fingerprint density at radius 2 is 2.18 bits per heavy atom. The number of sulfonamides is 1. The van der Waals surface area contributed by atoms with Crippen LogP contribution in [0.25, 0.3) is 0 Å². The average molecular weight is 364 g/mol. The van der Waals surface area contributed by atoms with Crippen LogP contribution in [0.4, 0.5) is 11.5 Å². The number of nitrogens with zero attached hydrogens (tertiary/aromatic N) is 1. The molecule has 17 heavy (non-hydrogen) atoms. The Morgan fingerprint density at radius 3 is 2.76 bits per heavy atom. The highest BCUT2D eigenvalue weighted by Gasteiger charge is 2.19. The number of halogens is 1. The van der Waals surface area contributed by atoms with Gasteiger partial charge >= 0.3 is 0 Å². The number of rotatable bonds is 3. The third kappa shape index (κ3) is 2.69. The van der Waals surface area contributed by atoms with Crippen LogP contribution in [0.1, 0.15) is 0 Å². The number of aromatic amines is 1. The molecule has 2 rings (SSSR count). The van der Waals surface area contributed by atoms with Crippen LogP contribution < -0.4 is 10.5 Å². The second kappa shape index (κ2) is 4.53. The van der Waals surface area contributed by atoms with Crippen LogP contribution in [0.2, 0.25) is 0 Å². The van der Waals surface area contributed by atoms with Gasteiger partial charge in [0.05, 0.1) is 6.20 Å². The zero-order chi connectivity index (χ0) is 12.5. The molecule has 90 valence electrons. The molecular weight excluding hydrogens is 355 g/mol. The molecule has 0 spiro atoms. The first-order chi connectivity index (χ1) is 7.99. The minimum atomic E-state index is -3.69. The van der Waals surface area contributed by atoms with E-state index in [9.17, 15) is 8.42 Å². The molecule has 0 fully saturated rings. The lowest BCUT2D eigenvalue weighted by Crippen LogP contribution is -2.13. The average Bonchev–Trinajstić information content (AvgIpc) is 2.64. The van der Waals surface area contributed by atoms with Crippen molar-refractivity contribution in [2.24, 2.45) is 0 Å². The second-order valence-corrected chi connectivity index (χ2v) is 6.16. The summed E-state index contributed by atoms with van der Waals surface area (Å²) in [6.07, 6.45) is 1.17. The van der Waals surface area contributed by atoms with Gasteiger partial charge in [-0.3, -0.25) is 9.82 Å². The van der Waals surface area contributed by atoms with E-state index < -0.39 is 10.0 Å². The van der Waals surface area contributed by atoms with Crippen LogP contribution >= 0.6 is 22.6 Å². The number of benzene rings is 1. The predicted octanol–water partition coefficient (Wildman–Crippen LogP) is 1.40. The monoisotopic (exact) mass is 364 g/mol. The van der Waals surface area contributed by atoms with Crippen LogP contribution in [0.3, 0.4) is 0 Å². The smallest absolute Gasteiger partial charge is 0.267 e. The molecule has 0 aliphatic carbocycles. The quantitative estimate of drug-likeness (QED) is 0.717. The van der Waals surface area contributed by atoms with Crippen molar-refractivity contribution < 1.29 is 8.42 Å². The summed E-state index contributed by atoms with van der Waals surface area (Å²) in [5.74, 6) is 0.0168. The standard InChI is InChI=1S/C9H9IN4O2S/c10-6-2-1-3-7(4-6)14-17(15,16)8-5-12-13-9(8)11/h1-5,14H,(H3,11,12,13). The highest BCUT2D eigenvalue weighted by molar-refractivity contribution is 14.1. The fourth-order valence-corrected chi connectivity index (χ4v) is 2.88. The number of hydrogen-bond acceptors (Lipinski definition) is 4. The molecule has 0 bridgehead atoms. The van der Waals surface area contributed by atoms with Crippen LogP contribution in [0.15, 0.2) is 35.4 Å². The van der Waals surface area contributed by atoms with Crippen LogP contribution in [0.5, 0.6) is 0 Å². The van der Waals surface area contributed by atoms with E-state index in [4.69, 9.17) is 5.73 Å². The van der Waals surface area contributed by atoms with E-state index in [-0.39, 0.29) is 10.7 Å². The molecule has 0 aliphatic rings. The normalized spacial score (nSPS) is 11.4. The SMILES string of the molecule is Nc1[nH]ncc1S(=O)(=O)Nc1cccc(I)c1. The summed E-state index contributed by atoms with van der Waals surface area (Å²) < 4.78 is 27.2. The summed E-state index contributed by atoms with van der Waals surface area (Å²) in [4.78, 5) is -0.0589. The van der Waals surface area contributed by atoms with E-state index in [1.54, 1.807) is 18.2 Å². The Morgan fingerprint density at radius 1 is 1.41 bits per heavy atom. The van der Waals surface area contributed by atoms with Gasteiger partial charge in [-0.1, -0.05) is 6.07 Å². The van der Waals surface area contributed by atoms with Crippen molar-refractivity contribution in [2.75, 3.05) is 10.5 Å². The number of hydrogen-bond donors (Lipinski definition) is 3. The summed E-state index contributed by atoms with van der Waals surface area (Å²) >= 11 is 2.10. The fourth-order valence-electron chi connectivity index (χ4n) is 1.26. The van der Waals surface area contributed by atoms with Gasteiger partial charge in [0.2, 0.25) is 0 Å². The Bertz CT molecular complexity index is 638. The largest absolute Gasteiger partial charge is 0.383 e. The first-order valence-corrected chi connectivity index (χ1v) is 7.12. The van der Waals surface area contributed by atoms with Crippen molar-refractivity contribution >= 4 is 44.1 Å². The molecule has 0 amide bonds. The lowest BCUT2D eigenvalue weighted by atomic mass is 10.3. The van der Waals surface area contributed by atoms with Gasteiger partial charge < -0.3 is 5.73 Å². The van der Waals surface area contributed by atoms with Crippen molar-refractivity contribution in [3.8, 4) is 0 Å². The summed E-state index contributed by atoms with van der Waals surface area (Å²) in [5.41, 5.74) is 5.96. The van der Waals surface area contributed by atoms with Gasteiger partial charge in [-0.2, -0.15) is 5.10 Å². The van der Waals surface area contributed by atoms with Crippen molar-refractivity contribution in [3.63, 3.8) is 0 Å². The maximum absolute atomic E-state index is 11.9. The Balaban J connectivity index is 2.33. The van der Waals surface area contributed by atoms with Crippen molar-refractivity contribution in [1.82, 2.24) is 10.2 Å². The van der Waals surface area contributed by atoms with E-state index in [0.717, 1.165) is 3.57 Å². The molecule has 1 aromatic carbocycles. The minimum Gasteiger partial charge on any atom is -0.383 e. The molecule has 1 aromatic heterocycles. The highest BCUT2D eigenvalue weighted by Crippen LogP contribution is 2.20. The van der Waals surface area contributed by atoms with Gasteiger partial charge in [0.25, 0.3) is 10.0 Å². The van der Waals surface area contributed by atoms with E-state index >= 15 is 0 Å². The number of nitrogen functional groups attached to an aromatic ring is 1. The molecule has 0 aliphatic heterocycles. The third-order valence-corrected chi connectivity index (χ3v) is 4.08. The summed E-state index contributed by atoms with van der Waals surface area (Å²) in [6.45, 7) is 0. The Labute approximate surface area is 112 Å². The molecular formula is C9H9IN4O2S. The van der Waals surface area contributed by atoms with E-state index in [0.29, 0.717) is 5.69 Å².